The highest BCUT2D eigenvalue weighted by Gasteiger charge is 2.18. The molecule has 0 heterocycles. The van der Waals surface area contributed by atoms with Crippen molar-refractivity contribution in [2.45, 2.75) is 18.7 Å². The molecule has 0 aliphatic rings. The number of amides is 1. The summed E-state index contributed by atoms with van der Waals surface area (Å²) in [7, 11) is -3.73. The number of aryl methyl sites for hydroxylation is 2. The van der Waals surface area contributed by atoms with E-state index in [9.17, 15) is 13.2 Å². The number of sulfonamides is 1. The monoisotopic (exact) mass is 396 g/mol. The Morgan fingerprint density at radius 2 is 1.83 bits per heavy atom. The number of nitrogens with one attached hydrogen (secondary N) is 2. The summed E-state index contributed by atoms with van der Waals surface area (Å²) in [5, 5.41) is 2.65. The third kappa shape index (κ3) is 4.63. The van der Waals surface area contributed by atoms with E-state index in [1.807, 2.05) is 19.1 Å². The van der Waals surface area contributed by atoms with Crippen molar-refractivity contribution in [2.24, 2.45) is 0 Å². The number of halogens is 1. The van der Waals surface area contributed by atoms with E-state index in [1.165, 1.54) is 0 Å². The van der Waals surface area contributed by atoms with Crippen LogP contribution >= 0.6 is 15.9 Å². The highest BCUT2D eigenvalue weighted by molar-refractivity contribution is 9.10. The SMILES string of the molecule is Cc1ccc(C)c(S(=O)(=O)NCC(=O)Nc2ccccc2Br)c1. The minimum Gasteiger partial charge on any atom is -0.324 e. The third-order valence-electron chi connectivity index (χ3n) is 3.20. The normalized spacial score (nSPS) is 11.3. The highest BCUT2D eigenvalue weighted by Crippen LogP contribution is 2.21. The quantitative estimate of drug-likeness (QED) is 0.815. The topological polar surface area (TPSA) is 75.3 Å². The fourth-order valence-electron chi connectivity index (χ4n) is 1.99. The zero-order chi connectivity index (χ0) is 17.0. The van der Waals surface area contributed by atoms with Gasteiger partial charge in [0.15, 0.2) is 0 Å². The largest absolute Gasteiger partial charge is 0.324 e. The van der Waals surface area contributed by atoms with Crippen molar-refractivity contribution in [3.05, 3.63) is 58.1 Å². The first-order valence-electron chi connectivity index (χ1n) is 6.91. The molecule has 23 heavy (non-hydrogen) atoms. The van der Waals surface area contributed by atoms with Crippen LogP contribution in [-0.4, -0.2) is 20.9 Å². The van der Waals surface area contributed by atoms with Gasteiger partial charge in [0.05, 0.1) is 17.1 Å². The van der Waals surface area contributed by atoms with Gasteiger partial charge in [-0.25, -0.2) is 13.1 Å². The van der Waals surface area contributed by atoms with E-state index in [0.717, 1.165) is 10.0 Å². The molecule has 122 valence electrons. The Kier molecular flexibility index (Phi) is 5.56. The Morgan fingerprint density at radius 1 is 1.13 bits per heavy atom. The molecule has 2 rings (SSSR count). The minimum atomic E-state index is -3.73. The number of carbonyl (C=O) groups excluding carboxylic acids is 1. The summed E-state index contributed by atoms with van der Waals surface area (Å²) in [5.41, 5.74) is 2.06. The Bertz CT molecular complexity index is 835. The van der Waals surface area contributed by atoms with Gasteiger partial charge >= 0.3 is 0 Å². The maximum absolute atomic E-state index is 12.3. The first kappa shape index (κ1) is 17.7. The lowest BCUT2D eigenvalue weighted by molar-refractivity contribution is -0.115. The van der Waals surface area contributed by atoms with E-state index in [-0.39, 0.29) is 11.4 Å². The number of rotatable bonds is 5. The second-order valence-electron chi connectivity index (χ2n) is 5.12. The molecular weight excluding hydrogens is 380 g/mol. The van der Waals surface area contributed by atoms with Gasteiger partial charge in [-0.1, -0.05) is 24.3 Å². The van der Waals surface area contributed by atoms with Crippen molar-refractivity contribution >= 4 is 37.5 Å². The average Bonchev–Trinajstić information content (AvgIpc) is 2.50. The first-order chi connectivity index (χ1) is 10.8. The smallest absolute Gasteiger partial charge is 0.241 e. The number of carbonyl (C=O) groups is 1. The van der Waals surface area contributed by atoms with Crippen molar-refractivity contribution in [1.82, 2.24) is 4.72 Å². The van der Waals surface area contributed by atoms with E-state index in [4.69, 9.17) is 0 Å². The van der Waals surface area contributed by atoms with Gasteiger partial charge in [-0.2, -0.15) is 0 Å². The lowest BCUT2D eigenvalue weighted by atomic mass is 10.2. The van der Waals surface area contributed by atoms with E-state index in [2.05, 4.69) is 26.0 Å². The fourth-order valence-corrected chi connectivity index (χ4v) is 3.69. The molecule has 2 aromatic carbocycles. The molecule has 0 bridgehead atoms. The van der Waals surface area contributed by atoms with Gasteiger partial charge in [0.2, 0.25) is 15.9 Å². The second-order valence-corrected chi connectivity index (χ2v) is 7.71. The number of hydrogen-bond donors (Lipinski definition) is 2. The van der Waals surface area contributed by atoms with Crippen LogP contribution in [-0.2, 0) is 14.8 Å². The van der Waals surface area contributed by atoms with Gasteiger partial charge in [0.25, 0.3) is 0 Å². The van der Waals surface area contributed by atoms with E-state index in [0.29, 0.717) is 11.3 Å². The fraction of sp³-hybridized carbons (Fsp3) is 0.188. The molecular formula is C16H17BrN2O3S. The predicted octanol–water partition coefficient (Wildman–Crippen LogP) is 2.98. The molecule has 0 aromatic heterocycles. The molecule has 0 atom stereocenters. The molecule has 7 heteroatoms. The highest BCUT2D eigenvalue weighted by atomic mass is 79.9. The Balaban J connectivity index is 2.06. The zero-order valence-corrected chi connectivity index (χ0v) is 15.2. The van der Waals surface area contributed by atoms with Crippen LogP contribution in [0.2, 0.25) is 0 Å². The number of hydrogen-bond acceptors (Lipinski definition) is 3. The summed E-state index contributed by atoms with van der Waals surface area (Å²) in [5.74, 6) is -0.439. The van der Waals surface area contributed by atoms with Crippen molar-refractivity contribution in [1.29, 1.82) is 0 Å². The summed E-state index contributed by atoms with van der Waals surface area (Å²) in [6.45, 7) is 3.20. The Morgan fingerprint density at radius 3 is 2.52 bits per heavy atom. The molecule has 2 N–H and O–H groups in total. The number of anilines is 1. The van der Waals surface area contributed by atoms with Gasteiger partial charge in [0.1, 0.15) is 0 Å². The number of benzene rings is 2. The molecule has 0 radical (unpaired) electrons. The molecule has 5 nitrogen and oxygen atoms in total. The van der Waals surface area contributed by atoms with Crippen LogP contribution in [0.5, 0.6) is 0 Å². The molecule has 2 aromatic rings. The third-order valence-corrected chi connectivity index (χ3v) is 5.44. The van der Waals surface area contributed by atoms with Gasteiger partial charge < -0.3 is 5.32 Å². The predicted molar refractivity (Wildman–Crippen MR) is 93.9 cm³/mol. The van der Waals surface area contributed by atoms with Gasteiger partial charge in [-0.05, 0) is 59.1 Å². The molecule has 0 spiro atoms. The summed E-state index contributed by atoms with van der Waals surface area (Å²) >= 11 is 3.32. The average molecular weight is 397 g/mol. The summed E-state index contributed by atoms with van der Waals surface area (Å²) in [4.78, 5) is 12.1. The van der Waals surface area contributed by atoms with Crippen LogP contribution in [0.3, 0.4) is 0 Å². The van der Waals surface area contributed by atoms with Crippen LogP contribution in [0.15, 0.2) is 51.8 Å². The van der Waals surface area contributed by atoms with Crippen LogP contribution in [0.25, 0.3) is 0 Å². The van der Waals surface area contributed by atoms with Gasteiger partial charge in [0, 0.05) is 4.47 Å². The summed E-state index contributed by atoms with van der Waals surface area (Å²) < 4.78 is 27.7. The molecule has 1 amide bonds. The molecule has 0 aliphatic heterocycles. The summed E-state index contributed by atoms with van der Waals surface area (Å²) in [6.07, 6.45) is 0. The second kappa shape index (κ2) is 7.25. The van der Waals surface area contributed by atoms with Crippen molar-refractivity contribution in [2.75, 3.05) is 11.9 Å². The van der Waals surface area contributed by atoms with Crippen LogP contribution < -0.4 is 10.0 Å². The van der Waals surface area contributed by atoms with Crippen LogP contribution in [0, 0.1) is 13.8 Å². The van der Waals surface area contributed by atoms with Crippen molar-refractivity contribution in [3.8, 4) is 0 Å². The Labute approximate surface area is 144 Å². The van der Waals surface area contributed by atoms with E-state index >= 15 is 0 Å². The lowest BCUT2D eigenvalue weighted by Gasteiger charge is -2.11. The maximum Gasteiger partial charge on any atom is 0.241 e. The minimum absolute atomic E-state index is 0.186. The zero-order valence-electron chi connectivity index (χ0n) is 12.8. The van der Waals surface area contributed by atoms with Crippen molar-refractivity contribution < 1.29 is 13.2 Å². The van der Waals surface area contributed by atoms with Crippen LogP contribution in [0.1, 0.15) is 11.1 Å². The molecule has 0 fully saturated rings. The summed E-state index contributed by atoms with van der Waals surface area (Å²) in [6, 6.07) is 12.3. The standard InChI is InChI=1S/C16H17BrN2O3S/c1-11-7-8-12(2)15(9-11)23(21,22)18-10-16(20)19-14-6-4-3-5-13(14)17/h3-9,18H,10H2,1-2H3,(H,19,20). The lowest BCUT2D eigenvalue weighted by Crippen LogP contribution is -2.33. The first-order valence-corrected chi connectivity index (χ1v) is 9.18. The van der Waals surface area contributed by atoms with Crippen LogP contribution in [0.4, 0.5) is 5.69 Å². The van der Waals surface area contributed by atoms with Crippen molar-refractivity contribution in [3.63, 3.8) is 0 Å². The molecule has 0 unspecified atom stereocenters. The van der Waals surface area contributed by atoms with E-state index in [1.54, 1.807) is 37.3 Å². The molecule has 0 saturated carbocycles. The van der Waals surface area contributed by atoms with Gasteiger partial charge in [-0.3, -0.25) is 4.79 Å². The van der Waals surface area contributed by atoms with Gasteiger partial charge in [-0.15, -0.1) is 0 Å². The molecule has 0 aliphatic carbocycles. The number of para-hydroxylation sites is 1. The Hall–Kier alpha value is -1.70. The van der Waals surface area contributed by atoms with E-state index < -0.39 is 15.9 Å². The molecule has 0 saturated heterocycles. The maximum atomic E-state index is 12.3.